The summed E-state index contributed by atoms with van der Waals surface area (Å²) in [5.74, 6) is -0.348. The van der Waals surface area contributed by atoms with E-state index in [2.05, 4.69) is 9.61 Å². The minimum atomic E-state index is -2.92. The fraction of sp³-hybridized carbons (Fsp3) is 0.750. The van der Waals surface area contributed by atoms with Crippen molar-refractivity contribution < 1.29 is 33.4 Å². The Hall–Kier alpha value is 0.633. The molecule has 0 aliphatic heterocycles. The minimum absolute atomic E-state index is 0. The van der Waals surface area contributed by atoms with Crippen LogP contribution in [0.5, 0.6) is 0 Å². The molecule has 0 saturated heterocycles. The van der Waals surface area contributed by atoms with Crippen LogP contribution in [-0.4, -0.2) is 19.3 Å². The van der Waals surface area contributed by atoms with Crippen molar-refractivity contribution in [1.29, 1.82) is 0 Å². The van der Waals surface area contributed by atoms with Gasteiger partial charge >= 0.3 is 6.72 Å². The van der Waals surface area contributed by atoms with Crippen LogP contribution in [0.2, 0.25) is 0 Å². The summed E-state index contributed by atoms with van der Waals surface area (Å²) in [7, 11) is 1.30. The van der Waals surface area contributed by atoms with E-state index in [1.54, 1.807) is 6.26 Å². The molecular weight excluding hydrogens is 238 g/mol. The molecule has 0 bridgehead atoms. The fourth-order valence-corrected chi connectivity index (χ4v) is 2.18. The van der Waals surface area contributed by atoms with Crippen molar-refractivity contribution >= 4 is 24.0 Å². The quantitative estimate of drug-likeness (QED) is 0.603. The van der Waals surface area contributed by atoms with E-state index in [4.69, 9.17) is 0 Å². The van der Waals surface area contributed by atoms with Gasteiger partial charge in [0.15, 0.2) is 0 Å². The maximum absolute atomic E-state index is 11.2. The molecule has 1 atom stereocenters. The van der Waals surface area contributed by atoms with Crippen molar-refractivity contribution in [3.8, 4) is 0 Å². The summed E-state index contributed by atoms with van der Waals surface area (Å²) < 4.78 is 15.8. The Kier molecular flexibility index (Phi) is 7.97. The van der Waals surface area contributed by atoms with Gasteiger partial charge in [-0.3, -0.25) is 14.4 Å². The van der Waals surface area contributed by atoms with Crippen LogP contribution in [0.1, 0.15) is 6.92 Å². The molecule has 0 aromatic carbocycles. The van der Waals surface area contributed by atoms with Gasteiger partial charge in [0.1, 0.15) is 0 Å². The molecule has 1 amide bonds. The molecule has 0 heterocycles. The largest absolute Gasteiger partial charge is 0.352 e. The molecule has 0 rings (SSSR count). The third-order valence-electron chi connectivity index (χ3n) is 0.775. The molecular formula is C4H10NO3PSZn. The summed E-state index contributed by atoms with van der Waals surface area (Å²) in [5.41, 5.74) is 0. The number of nitrogens with one attached hydrogen (secondary N) is 1. The van der Waals surface area contributed by atoms with Crippen molar-refractivity contribution in [1.82, 2.24) is 5.09 Å². The van der Waals surface area contributed by atoms with Gasteiger partial charge in [-0.25, -0.2) is 0 Å². The van der Waals surface area contributed by atoms with Crippen molar-refractivity contribution in [3.63, 3.8) is 0 Å². The van der Waals surface area contributed by atoms with Gasteiger partial charge in [-0.1, -0.05) is 11.4 Å². The van der Waals surface area contributed by atoms with Crippen LogP contribution in [-0.2, 0) is 33.4 Å². The maximum atomic E-state index is 11.2. The average molecular weight is 249 g/mol. The first kappa shape index (κ1) is 14.2. The minimum Gasteiger partial charge on any atom is -0.309 e. The van der Waals surface area contributed by atoms with E-state index >= 15 is 0 Å². The van der Waals surface area contributed by atoms with Crippen LogP contribution in [0.3, 0.4) is 0 Å². The van der Waals surface area contributed by atoms with E-state index in [-0.39, 0.29) is 25.4 Å². The van der Waals surface area contributed by atoms with Crippen LogP contribution in [0.4, 0.5) is 0 Å². The molecule has 0 radical (unpaired) electrons. The monoisotopic (exact) mass is 247 g/mol. The van der Waals surface area contributed by atoms with Crippen LogP contribution in [0, 0.1) is 0 Å². The second-order valence-corrected chi connectivity index (χ2v) is 6.02. The molecule has 0 spiro atoms. The third kappa shape index (κ3) is 5.86. The number of carbonyl (C=O) groups is 1. The zero-order valence-electron chi connectivity index (χ0n) is 6.79. The SMILES string of the molecule is COP(=O)(NC(C)=O)SC.[Zn]. The van der Waals surface area contributed by atoms with Gasteiger partial charge < -0.3 is 4.52 Å². The molecule has 0 aliphatic rings. The van der Waals surface area contributed by atoms with Crippen LogP contribution >= 0.6 is 18.1 Å². The number of carbonyl (C=O) groups excluding carboxylic acids is 1. The predicted octanol–water partition coefficient (Wildman–Crippen LogP) is 1.24. The van der Waals surface area contributed by atoms with Crippen molar-refractivity contribution in [2.75, 3.05) is 13.4 Å². The van der Waals surface area contributed by atoms with Crippen LogP contribution in [0.15, 0.2) is 0 Å². The van der Waals surface area contributed by atoms with Gasteiger partial charge in [-0.2, -0.15) is 0 Å². The smallest absolute Gasteiger partial charge is 0.309 e. The van der Waals surface area contributed by atoms with E-state index < -0.39 is 6.72 Å². The van der Waals surface area contributed by atoms with Crippen molar-refractivity contribution in [3.05, 3.63) is 0 Å². The Morgan fingerprint density at radius 2 is 2.09 bits per heavy atom. The molecule has 0 aromatic rings. The maximum Gasteiger partial charge on any atom is 0.352 e. The molecule has 7 heteroatoms. The normalized spacial score (nSPS) is 14.5. The summed E-state index contributed by atoms with van der Waals surface area (Å²) in [4.78, 5) is 10.4. The Morgan fingerprint density at radius 3 is 2.18 bits per heavy atom. The molecule has 0 fully saturated rings. The predicted molar refractivity (Wildman–Crippen MR) is 41.9 cm³/mol. The summed E-state index contributed by atoms with van der Waals surface area (Å²) in [6.45, 7) is -1.63. The van der Waals surface area contributed by atoms with E-state index in [0.717, 1.165) is 11.4 Å². The van der Waals surface area contributed by atoms with Gasteiger partial charge in [0.05, 0.1) is 0 Å². The second-order valence-electron chi connectivity index (χ2n) is 1.53. The molecule has 0 aliphatic carbocycles. The topological polar surface area (TPSA) is 55.4 Å². The average Bonchev–Trinajstić information content (AvgIpc) is 1.87. The first-order valence-electron chi connectivity index (χ1n) is 2.54. The molecule has 0 saturated carbocycles. The Morgan fingerprint density at radius 1 is 1.64 bits per heavy atom. The van der Waals surface area contributed by atoms with Gasteiger partial charge in [-0.05, 0) is 6.26 Å². The van der Waals surface area contributed by atoms with Crippen LogP contribution < -0.4 is 5.09 Å². The van der Waals surface area contributed by atoms with E-state index in [1.807, 2.05) is 0 Å². The zero-order chi connectivity index (χ0) is 8.20. The van der Waals surface area contributed by atoms with Gasteiger partial charge in [0.25, 0.3) is 0 Å². The van der Waals surface area contributed by atoms with Gasteiger partial charge in [0.2, 0.25) is 5.91 Å². The summed E-state index contributed by atoms with van der Waals surface area (Å²) >= 11 is 1.00. The van der Waals surface area contributed by atoms with Crippen molar-refractivity contribution in [2.45, 2.75) is 6.92 Å². The fourth-order valence-electron chi connectivity index (χ4n) is 0.359. The van der Waals surface area contributed by atoms with Crippen LogP contribution in [0.25, 0.3) is 0 Å². The standard InChI is InChI=1S/C4H10NO3PS.Zn/c1-4(6)5-9(7,8-2)10-3;/h1-3H3,(H,5,6,7);. The molecule has 4 nitrogen and oxygen atoms in total. The van der Waals surface area contributed by atoms with Crippen molar-refractivity contribution in [2.24, 2.45) is 0 Å². The first-order valence-corrected chi connectivity index (χ1v) is 6.00. The Balaban J connectivity index is 0. The molecule has 11 heavy (non-hydrogen) atoms. The number of rotatable bonds is 3. The van der Waals surface area contributed by atoms with Gasteiger partial charge in [-0.15, -0.1) is 0 Å². The molecule has 1 unspecified atom stereocenters. The Bertz CT molecular complexity index is 169. The second kappa shape index (κ2) is 6.18. The summed E-state index contributed by atoms with van der Waals surface area (Å²) in [6, 6.07) is 0. The molecule has 62 valence electrons. The van der Waals surface area contributed by atoms with E-state index in [9.17, 15) is 9.36 Å². The summed E-state index contributed by atoms with van der Waals surface area (Å²) in [5, 5.41) is 2.21. The molecule has 1 N–H and O–H groups in total. The number of hydrogen-bond donors (Lipinski definition) is 1. The first-order chi connectivity index (χ1) is 4.54. The Labute approximate surface area is 82.8 Å². The van der Waals surface area contributed by atoms with E-state index in [0.29, 0.717) is 0 Å². The number of amides is 1. The third-order valence-corrected chi connectivity index (χ3v) is 4.49. The summed E-state index contributed by atoms with van der Waals surface area (Å²) in [6.07, 6.45) is 1.61. The zero-order valence-corrected chi connectivity index (χ0v) is 11.5. The number of hydrogen-bond acceptors (Lipinski definition) is 4. The van der Waals surface area contributed by atoms with Gasteiger partial charge in [0, 0.05) is 33.5 Å². The molecule has 0 aromatic heterocycles. The van der Waals surface area contributed by atoms with E-state index in [1.165, 1.54) is 14.0 Å².